The van der Waals surface area contributed by atoms with Crippen molar-refractivity contribution < 1.29 is 4.74 Å². The molecule has 0 radical (unpaired) electrons. The van der Waals surface area contributed by atoms with Crippen LogP contribution in [0.4, 0.5) is 0 Å². The molecule has 0 aromatic carbocycles. The van der Waals surface area contributed by atoms with Crippen molar-refractivity contribution in [2.45, 2.75) is 32.0 Å². The van der Waals surface area contributed by atoms with E-state index in [0.717, 1.165) is 23.9 Å². The summed E-state index contributed by atoms with van der Waals surface area (Å²) in [6.45, 7) is 4.94. The second-order valence-electron chi connectivity index (χ2n) is 4.29. The van der Waals surface area contributed by atoms with Crippen molar-refractivity contribution in [2.75, 3.05) is 12.9 Å². The molecule has 0 fully saturated rings. The molecule has 1 aromatic heterocycles. The molecular formula is C11H16N2O2S. The van der Waals surface area contributed by atoms with Gasteiger partial charge in [-0.05, 0) is 12.3 Å². The molecule has 0 unspecified atom stereocenters. The number of methoxy groups -OCH3 is 1. The lowest BCUT2D eigenvalue weighted by atomic mass is 10.1. The van der Waals surface area contributed by atoms with Crippen molar-refractivity contribution in [2.24, 2.45) is 5.92 Å². The maximum atomic E-state index is 12.2. The molecule has 2 heterocycles. The van der Waals surface area contributed by atoms with E-state index in [1.165, 1.54) is 0 Å². The van der Waals surface area contributed by atoms with Gasteiger partial charge < -0.3 is 4.74 Å². The zero-order chi connectivity index (χ0) is 11.7. The largest absolute Gasteiger partial charge is 0.481 e. The van der Waals surface area contributed by atoms with Crippen LogP contribution in [0.15, 0.2) is 9.95 Å². The molecular weight excluding hydrogens is 224 g/mol. The molecule has 0 atom stereocenters. The Morgan fingerprint density at radius 3 is 2.94 bits per heavy atom. The van der Waals surface area contributed by atoms with E-state index in [-0.39, 0.29) is 5.56 Å². The summed E-state index contributed by atoms with van der Waals surface area (Å²) in [7, 11) is 1.57. The molecule has 2 rings (SSSR count). The first-order chi connectivity index (χ1) is 7.63. The van der Waals surface area contributed by atoms with Gasteiger partial charge in [-0.1, -0.05) is 25.6 Å². The van der Waals surface area contributed by atoms with Gasteiger partial charge in [0.05, 0.1) is 12.7 Å². The summed E-state index contributed by atoms with van der Waals surface area (Å²) in [6.07, 6.45) is 0.722. The summed E-state index contributed by atoms with van der Waals surface area (Å²) in [4.78, 5) is 16.6. The molecule has 0 saturated heterocycles. The molecule has 0 N–H and O–H groups in total. The van der Waals surface area contributed by atoms with Crippen LogP contribution in [0.5, 0.6) is 5.88 Å². The van der Waals surface area contributed by atoms with Crippen LogP contribution in [0.2, 0.25) is 0 Å². The molecule has 16 heavy (non-hydrogen) atoms. The SMILES string of the molecule is COc1nc2n(c(=O)c1CC(C)C)CCS2. The van der Waals surface area contributed by atoms with Gasteiger partial charge in [0.1, 0.15) is 0 Å². The van der Waals surface area contributed by atoms with Gasteiger partial charge >= 0.3 is 0 Å². The monoisotopic (exact) mass is 240 g/mol. The average molecular weight is 240 g/mol. The Balaban J connectivity index is 2.53. The van der Waals surface area contributed by atoms with E-state index in [1.54, 1.807) is 23.4 Å². The van der Waals surface area contributed by atoms with Crippen LogP contribution in [0.3, 0.4) is 0 Å². The van der Waals surface area contributed by atoms with Crippen LogP contribution in [-0.4, -0.2) is 22.4 Å². The van der Waals surface area contributed by atoms with Crippen LogP contribution in [0.25, 0.3) is 0 Å². The van der Waals surface area contributed by atoms with Crippen LogP contribution in [0, 0.1) is 5.92 Å². The summed E-state index contributed by atoms with van der Waals surface area (Å²) in [6, 6.07) is 0. The number of fused-ring (bicyclic) bond motifs is 1. The number of aromatic nitrogens is 2. The van der Waals surface area contributed by atoms with Gasteiger partial charge in [0.2, 0.25) is 5.88 Å². The number of ether oxygens (including phenoxy) is 1. The van der Waals surface area contributed by atoms with Crippen molar-refractivity contribution in [1.82, 2.24) is 9.55 Å². The Kier molecular flexibility index (Phi) is 3.23. The minimum atomic E-state index is 0.0700. The van der Waals surface area contributed by atoms with Gasteiger partial charge in [-0.2, -0.15) is 4.98 Å². The first kappa shape index (κ1) is 11.5. The quantitative estimate of drug-likeness (QED) is 0.752. The lowest BCUT2D eigenvalue weighted by Gasteiger charge is -2.11. The maximum absolute atomic E-state index is 12.2. The van der Waals surface area contributed by atoms with Gasteiger partial charge in [0.25, 0.3) is 5.56 Å². The molecule has 4 nitrogen and oxygen atoms in total. The molecule has 0 saturated carbocycles. The molecule has 0 amide bonds. The van der Waals surface area contributed by atoms with Gasteiger partial charge in [-0.25, -0.2) is 0 Å². The molecule has 1 aromatic rings. The number of nitrogens with zero attached hydrogens (tertiary/aromatic N) is 2. The lowest BCUT2D eigenvalue weighted by Crippen LogP contribution is -2.26. The smallest absolute Gasteiger partial charge is 0.261 e. The fourth-order valence-corrected chi connectivity index (χ4v) is 2.78. The molecule has 88 valence electrons. The van der Waals surface area contributed by atoms with Crippen molar-refractivity contribution in [3.63, 3.8) is 0 Å². The van der Waals surface area contributed by atoms with E-state index in [1.807, 2.05) is 0 Å². The number of thioether (sulfide) groups is 1. The Hall–Kier alpha value is -0.970. The zero-order valence-electron chi connectivity index (χ0n) is 9.82. The highest BCUT2D eigenvalue weighted by molar-refractivity contribution is 7.99. The number of hydrogen-bond acceptors (Lipinski definition) is 4. The summed E-state index contributed by atoms with van der Waals surface area (Å²) in [5, 5.41) is 0.786. The van der Waals surface area contributed by atoms with E-state index in [2.05, 4.69) is 18.8 Å². The Bertz CT molecular complexity index is 454. The highest BCUT2D eigenvalue weighted by Crippen LogP contribution is 2.25. The summed E-state index contributed by atoms with van der Waals surface area (Å²) >= 11 is 1.61. The van der Waals surface area contributed by atoms with Gasteiger partial charge in [0, 0.05) is 12.3 Å². The average Bonchev–Trinajstić information content (AvgIpc) is 2.69. The standard InChI is InChI=1S/C11H16N2O2S/c1-7(2)6-8-9(15-3)12-11-13(10(8)14)4-5-16-11/h7H,4-6H2,1-3H3. The van der Waals surface area contributed by atoms with Crippen molar-refractivity contribution in [3.8, 4) is 5.88 Å². The predicted octanol–water partition coefficient (Wildman–Crippen LogP) is 1.56. The summed E-state index contributed by atoms with van der Waals surface area (Å²) in [5.74, 6) is 1.85. The Morgan fingerprint density at radius 2 is 2.31 bits per heavy atom. The lowest BCUT2D eigenvalue weighted by molar-refractivity contribution is 0.377. The van der Waals surface area contributed by atoms with Crippen LogP contribution >= 0.6 is 11.8 Å². The van der Waals surface area contributed by atoms with Crippen molar-refractivity contribution >= 4 is 11.8 Å². The highest BCUT2D eigenvalue weighted by Gasteiger charge is 2.21. The minimum absolute atomic E-state index is 0.0700. The van der Waals surface area contributed by atoms with E-state index in [0.29, 0.717) is 17.4 Å². The fraction of sp³-hybridized carbons (Fsp3) is 0.636. The van der Waals surface area contributed by atoms with Crippen molar-refractivity contribution in [3.05, 3.63) is 15.9 Å². The fourth-order valence-electron chi connectivity index (χ4n) is 1.84. The third-order valence-corrected chi connectivity index (χ3v) is 3.50. The van der Waals surface area contributed by atoms with Gasteiger partial charge in [-0.3, -0.25) is 9.36 Å². The first-order valence-electron chi connectivity index (χ1n) is 5.44. The molecule has 1 aliphatic rings. The summed E-state index contributed by atoms with van der Waals surface area (Å²) < 4.78 is 6.97. The van der Waals surface area contributed by atoms with Crippen molar-refractivity contribution in [1.29, 1.82) is 0 Å². The predicted molar refractivity (Wildman–Crippen MR) is 64.3 cm³/mol. The Labute approximate surface area is 99.0 Å². The number of rotatable bonds is 3. The molecule has 0 aliphatic carbocycles. The van der Waals surface area contributed by atoms with E-state index in [9.17, 15) is 4.79 Å². The van der Waals surface area contributed by atoms with E-state index < -0.39 is 0 Å². The van der Waals surface area contributed by atoms with E-state index in [4.69, 9.17) is 4.74 Å². The number of hydrogen-bond donors (Lipinski definition) is 0. The van der Waals surface area contributed by atoms with Gasteiger partial charge in [0.15, 0.2) is 5.16 Å². The second-order valence-corrected chi connectivity index (χ2v) is 5.35. The normalized spacial score (nSPS) is 14.2. The van der Waals surface area contributed by atoms with Crippen LogP contribution < -0.4 is 10.3 Å². The topological polar surface area (TPSA) is 44.1 Å². The van der Waals surface area contributed by atoms with E-state index >= 15 is 0 Å². The van der Waals surface area contributed by atoms with Crippen LogP contribution in [0.1, 0.15) is 19.4 Å². The zero-order valence-corrected chi connectivity index (χ0v) is 10.6. The second kappa shape index (κ2) is 4.49. The molecule has 5 heteroatoms. The maximum Gasteiger partial charge on any atom is 0.261 e. The molecule has 0 spiro atoms. The van der Waals surface area contributed by atoms with Gasteiger partial charge in [-0.15, -0.1) is 0 Å². The molecule has 0 bridgehead atoms. The third-order valence-electron chi connectivity index (χ3n) is 2.54. The Morgan fingerprint density at radius 1 is 1.56 bits per heavy atom. The summed E-state index contributed by atoms with van der Waals surface area (Å²) in [5.41, 5.74) is 0.782. The minimum Gasteiger partial charge on any atom is -0.481 e. The third kappa shape index (κ3) is 1.96. The highest BCUT2D eigenvalue weighted by atomic mass is 32.2. The molecule has 1 aliphatic heterocycles. The van der Waals surface area contributed by atoms with Crippen LogP contribution in [-0.2, 0) is 13.0 Å². The first-order valence-corrected chi connectivity index (χ1v) is 6.42.